The van der Waals surface area contributed by atoms with Gasteiger partial charge in [-0.3, -0.25) is 4.90 Å². The van der Waals surface area contributed by atoms with Gasteiger partial charge < -0.3 is 4.74 Å². The highest BCUT2D eigenvalue weighted by Crippen LogP contribution is 2.20. The SMILES string of the molecule is C[C@@H]1CCN(N2CCN(Cc3ccc(C#N)cc3)CC2)SCCO1. The van der Waals surface area contributed by atoms with Crippen molar-refractivity contribution in [1.82, 2.24) is 14.3 Å². The summed E-state index contributed by atoms with van der Waals surface area (Å²) in [4.78, 5) is 2.50. The van der Waals surface area contributed by atoms with Crippen LogP contribution in [0.2, 0.25) is 0 Å². The highest BCUT2D eigenvalue weighted by molar-refractivity contribution is 7.96. The minimum atomic E-state index is 0.367. The van der Waals surface area contributed by atoms with E-state index in [1.54, 1.807) is 0 Å². The van der Waals surface area contributed by atoms with Gasteiger partial charge in [0.05, 0.1) is 24.3 Å². The van der Waals surface area contributed by atoms with Crippen LogP contribution in [0.15, 0.2) is 24.3 Å². The zero-order valence-electron chi connectivity index (χ0n) is 14.4. The minimum absolute atomic E-state index is 0.367. The Labute approximate surface area is 149 Å². The number of hydrogen-bond acceptors (Lipinski definition) is 6. The summed E-state index contributed by atoms with van der Waals surface area (Å²) >= 11 is 1.90. The van der Waals surface area contributed by atoms with Gasteiger partial charge in [0.15, 0.2) is 0 Å². The number of rotatable bonds is 3. The Morgan fingerprint density at radius 2 is 1.92 bits per heavy atom. The van der Waals surface area contributed by atoms with Crippen molar-refractivity contribution < 1.29 is 4.74 Å². The molecule has 3 rings (SSSR count). The lowest BCUT2D eigenvalue weighted by atomic mass is 10.1. The van der Waals surface area contributed by atoms with Crippen molar-refractivity contribution in [3.05, 3.63) is 35.4 Å². The first-order valence-corrected chi connectivity index (χ1v) is 9.67. The lowest BCUT2D eigenvalue weighted by Gasteiger charge is -2.41. The van der Waals surface area contributed by atoms with E-state index in [2.05, 4.69) is 39.4 Å². The van der Waals surface area contributed by atoms with Crippen LogP contribution in [0, 0.1) is 11.3 Å². The van der Waals surface area contributed by atoms with E-state index in [0.29, 0.717) is 6.10 Å². The van der Waals surface area contributed by atoms with Crippen LogP contribution >= 0.6 is 11.9 Å². The standard InChI is InChI=1S/C18H26N4OS/c1-16-6-7-22(24-13-12-23-16)21-10-8-20(9-11-21)15-18-4-2-17(14-19)3-5-18/h2-5,16H,6-13,15H2,1H3/t16-/m1/s1. The van der Waals surface area contributed by atoms with Gasteiger partial charge >= 0.3 is 0 Å². The lowest BCUT2D eigenvalue weighted by molar-refractivity contribution is -0.00636. The molecule has 5 nitrogen and oxygen atoms in total. The molecular formula is C18H26N4OS. The molecule has 2 fully saturated rings. The van der Waals surface area contributed by atoms with Crippen LogP contribution in [-0.4, -0.2) is 65.5 Å². The van der Waals surface area contributed by atoms with Crippen molar-refractivity contribution in [2.24, 2.45) is 0 Å². The number of hydrogen-bond donors (Lipinski definition) is 0. The molecule has 0 bridgehead atoms. The third-order valence-corrected chi connectivity index (χ3v) is 5.67. The molecule has 24 heavy (non-hydrogen) atoms. The maximum atomic E-state index is 8.88. The summed E-state index contributed by atoms with van der Waals surface area (Å²) in [5.74, 6) is 1.04. The van der Waals surface area contributed by atoms with Crippen molar-refractivity contribution in [3.8, 4) is 6.07 Å². The Bertz CT molecular complexity index is 551. The molecule has 130 valence electrons. The molecule has 1 atom stereocenters. The largest absolute Gasteiger partial charge is 0.378 e. The molecule has 2 aliphatic rings. The van der Waals surface area contributed by atoms with Crippen LogP contribution in [0.4, 0.5) is 0 Å². The average molecular weight is 347 g/mol. The van der Waals surface area contributed by atoms with E-state index in [-0.39, 0.29) is 0 Å². The third-order valence-electron chi connectivity index (χ3n) is 4.61. The van der Waals surface area contributed by atoms with Gasteiger partial charge in [-0.25, -0.2) is 5.01 Å². The molecule has 0 N–H and O–H groups in total. The maximum Gasteiger partial charge on any atom is 0.0991 e. The Balaban J connectivity index is 1.47. The van der Waals surface area contributed by atoms with E-state index < -0.39 is 0 Å². The van der Waals surface area contributed by atoms with E-state index in [0.717, 1.165) is 63.6 Å². The summed E-state index contributed by atoms with van der Waals surface area (Å²) in [6.07, 6.45) is 1.46. The topological polar surface area (TPSA) is 42.7 Å². The van der Waals surface area contributed by atoms with E-state index in [4.69, 9.17) is 10.00 Å². The molecule has 1 aromatic rings. The monoisotopic (exact) mass is 346 g/mol. The van der Waals surface area contributed by atoms with Crippen LogP contribution in [0.25, 0.3) is 0 Å². The second-order valence-corrected chi connectivity index (χ2v) is 7.51. The summed E-state index contributed by atoms with van der Waals surface area (Å²) in [7, 11) is 0. The number of nitrogens with zero attached hydrogens (tertiary/aromatic N) is 4. The van der Waals surface area contributed by atoms with E-state index >= 15 is 0 Å². The van der Waals surface area contributed by atoms with Gasteiger partial charge in [0.2, 0.25) is 0 Å². The number of benzene rings is 1. The minimum Gasteiger partial charge on any atom is -0.378 e. The number of piperazine rings is 1. The summed E-state index contributed by atoms with van der Waals surface area (Å²) in [6, 6.07) is 10.1. The molecule has 1 aromatic carbocycles. The van der Waals surface area contributed by atoms with Crippen LogP contribution in [0.3, 0.4) is 0 Å². The zero-order valence-corrected chi connectivity index (χ0v) is 15.2. The fourth-order valence-corrected chi connectivity index (χ4v) is 4.06. The first-order chi connectivity index (χ1) is 11.7. The summed E-state index contributed by atoms with van der Waals surface area (Å²) in [5, 5.41) is 11.4. The molecule has 0 aromatic heterocycles. The maximum absolute atomic E-state index is 8.88. The molecule has 2 saturated heterocycles. The van der Waals surface area contributed by atoms with Crippen molar-refractivity contribution in [2.75, 3.05) is 45.1 Å². The summed E-state index contributed by atoms with van der Waals surface area (Å²) in [6.45, 7) is 9.40. The van der Waals surface area contributed by atoms with Crippen molar-refractivity contribution in [3.63, 3.8) is 0 Å². The second kappa shape index (κ2) is 8.84. The van der Waals surface area contributed by atoms with E-state index in [1.807, 2.05) is 24.1 Å². The molecule has 0 saturated carbocycles. The zero-order chi connectivity index (χ0) is 16.8. The fourth-order valence-electron chi connectivity index (χ4n) is 3.12. The molecule has 2 heterocycles. The van der Waals surface area contributed by atoms with Crippen LogP contribution in [0.1, 0.15) is 24.5 Å². The van der Waals surface area contributed by atoms with Gasteiger partial charge in [0, 0.05) is 45.0 Å². The van der Waals surface area contributed by atoms with E-state index in [9.17, 15) is 0 Å². The Morgan fingerprint density at radius 1 is 1.17 bits per heavy atom. The molecule has 0 spiro atoms. The number of nitriles is 1. The van der Waals surface area contributed by atoms with Gasteiger partial charge in [-0.05, 0) is 31.0 Å². The van der Waals surface area contributed by atoms with Crippen molar-refractivity contribution >= 4 is 11.9 Å². The normalized spacial score (nSPS) is 24.9. The first kappa shape index (κ1) is 17.7. The fraction of sp³-hybridized carbons (Fsp3) is 0.611. The number of hydrazine groups is 1. The van der Waals surface area contributed by atoms with Gasteiger partial charge in [-0.15, -0.1) is 0 Å². The molecule has 6 heteroatoms. The van der Waals surface area contributed by atoms with E-state index in [1.165, 1.54) is 5.56 Å². The highest BCUT2D eigenvalue weighted by Gasteiger charge is 2.24. The van der Waals surface area contributed by atoms with Crippen LogP contribution < -0.4 is 0 Å². The third kappa shape index (κ3) is 4.95. The Hall–Kier alpha value is -1.10. The molecular weight excluding hydrogens is 320 g/mol. The van der Waals surface area contributed by atoms with Crippen LogP contribution in [0.5, 0.6) is 0 Å². The van der Waals surface area contributed by atoms with Gasteiger partial charge in [0.1, 0.15) is 0 Å². The predicted octanol–water partition coefficient (Wildman–Crippen LogP) is 2.35. The van der Waals surface area contributed by atoms with Crippen LogP contribution in [-0.2, 0) is 11.3 Å². The number of ether oxygens (including phenoxy) is 1. The molecule has 2 aliphatic heterocycles. The van der Waals surface area contributed by atoms with Crippen molar-refractivity contribution in [1.29, 1.82) is 5.26 Å². The molecule has 0 amide bonds. The summed E-state index contributed by atoms with van der Waals surface area (Å²) in [5.41, 5.74) is 2.02. The summed E-state index contributed by atoms with van der Waals surface area (Å²) < 4.78 is 8.18. The second-order valence-electron chi connectivity index (χ2n) is 6.42. The molecule has 0 radical (unpaired) electrons. The quantitative estimate of drug-likeness (QED) is 0.783. The van der Waals surface area contributed by atoms with Gasteiger partial charge in [-0.2, -0.15) is 9.68 Å². The molecule has 0 unspecified atom stereocenters. The first-order valence-electron chi connectivity index (χ1n) is 8.73. The van der Waals surface area contributed by atoms with Gasteiger partial charge in [-0.1, -0.05) is 24.1 Å². The average Bonchev–Trinajstić information content (AvgIpc) is 2.60. The highest BCUT2D eigenvalue weighted by atomic mass is 32.2. The van der Waals surface area contributed by atoms with Gasteiger partial charge in [0.25, 0.3) is 0 Å². The smallest absolute Gasteiger partial charge is 0.0991 e. The Morgan fingerprint density at radius 3 is 2.62 bits per heavy atom. The van der Waals surface area contributed by atoms with Crippen molar-refractivity contribution in [2.45, 2.75) is 26.0 Å². The molecule has 0 aliphatic carbocycles. The Kier molecular flexibility index (Phi) is 6.52. The lowest BCUT2D eigenvalue weighted by Crippen LogP contribution is -2.52. The predicted molar refractivity (Wildman–Crippen MR) is 97.2 cm³/mol.